The van der Waals surface area contributed by atoms with Gasteiger partial charge < -0.3 is 10.2 Å². The summed E-state index contributed by atoms with van der Waals surface area (Å²) < 4.78 is 0. The standard InChI is InChI=1S/C9H16N2S2/c1-7-6-11(4-5-13-7)9(12)10-8-2-3-8/h7-8H,2-6H2,1H3,(H,10,12). The molecule has 0 amide bonds. The van der Waals surface area contributed by atoms with Crippen molar-refractivity contribution < 1.29 is 0 Å². The number of hydrogen-bond donors (Lipinski definition) is 1. The summed E-state index contributed by atoms with van der Waals surface area (Å²) in [5.41, 5.74) is 0. The first kappa shape index (κ1) is 9.59. The summed E-state index contributed by atoms with van der Waals surface area (Å²) in [6.07, 6.45) is 2.61. The van der Waals surface area contributed by atoms with Crippen LogP contribution in [0.25, 0.3) is 0 Å². The predicted octanol–water partition coefficient (Wildman–Crippen LogP) is 1.46. The molecule has 74 valence electrons. The molecule has 1 N–H and O–H groups in total. The summed E-state index contributed by atoms with van der Waals surface area (Å²) in [5, 5.41) is 5.10. The number of nitrogens with one attached hydrogen (secondary N) is 1. The molecule has 0 aromatic heterocycles. The van der Waals surface area contributed by atoms with E-state index in [1.807, 2.05) is 11.8 Å². The van der Waals surface area contributed by atoms with Crippen molar-refractivity contribution in [1.29, 1.82) is 0 Å². The molecule has 1 aliphatic heterocycles. The Labute approximate surface area is 89.4 Å². The van der Waals surface area contributed by atoms with E-state index < -0.39 is 0 Å². The number of hydrogen-bond acceptors (Lipinski definition) is 2. The van der Waals surface area contributed by atoms with Crippen LogP contribution in [-0.4, -0.2) is 40.1 Å². The predicted molar refractivity (Wildman–Crippen MR) is 62.2 cm³/mol. The minimum absolute atomic E-state index is 0.692. The number of nitrogens with zero attached hydrogens (tertiary/aromatic N) is 1. The summed E-state index contributed by atoms with van der Waals surface area (Å²) in [5.74, 6) is 1.22. The summed E-state index contributed by atoms with van der Waals surface area (Å²) in [7, 11) is 0. The lowest BCUT2D eigenvalue weighted by Crippen LogP contribution is -2.46. The Hall–Kier alpha value is 0.0400. The van der Waals surface area contributed by atoms with E-state index in [2.05, 4.69) is 17.1 Å². The molecular formula is C9H16N2S2. The molecule has 4 heteroatoms. The second-order valence-electron chi connectivity index (χ2n) is 3.85. The van der Waals surface area contributed by atoms with Gasteiger partial charge in [0.2, 0.25) is 0 Å². The second-order valence-corrected chi connectivity index (χ2v) is 5.78. The van der Waals surface area contributed by atoms with Gasteiger partial charge in [0, 0.05) is 30.1 Å². The Bertz CT molecular complexity index is 204. The first-order valence-electron chi connectivity index (χ1n) is 4.93. The van der Waals surface area contributed by atoms with Crippen LogP contribution in [0.2, 0.25) is 0 Å². The van der Waals surface area contributed by atoms with E-state index in [-0.39, 0.29) is 0 Å². The van der Waals surface area contributed by atoms with Crippen LogP contribution in [0.15, 0.2) is 0 Å². The second kappa shape index (κ2) is 4.05. The van der Waals surface area contributed by atoms with Gasteiger partial charge in [0.1, 0.15) is 0 Å². The molecule has 1 atom stereocenters. The lowest BCUT2D eigenvalue weighted by atomic mass is 10.4. The van der Waals surface area contributed by atoms with Crippen molar-refractivity contribution in [2.24, 2.45) is 0 Å². The largest absolute Gasteiger partial charge is 0.360 e. The van der Waals surface area contributed by atoms with Gasteiger partial charge in [0.25, 0.3) is 0 Å². The molecule has 1 aliphatic carbocycles. The van der Waals surface area contributed by atoms with Crippen LogP contribution in [0, 0.1) is 0 Å². The third kappa shape index (κ3) is 2.74. The number of thiocarbonyl (C=S) groups is 1. The van der Waals surface area contributed by atoms with Crippen molar-refractivity contribution in [1.82, 2.24) is 10.2 Å². The summed E-state index contributed by atoms with van der Waals surface area (Å²) in [6, 6.07) is 0.692. The van der Waals surface area contributed by atoms with Gasteiger partial charge in [-0.25, -0.2) is 0 Å². The molecular weight excluding hydrogens is 200 g/mol. The molecule has 0 spiro atoms. The highest BCUT2D eigenvalue weighted by Crippen LogP contribution is 2.21. The Morgan fingerprint density at radius 3 is 2.92 bits per heavy atom. The van der Waals surface area contributed by atoms with Crippen LogP contribution in [0.5, 0.6) is 0 Å². The van der Waals surface area contributed by atoms with Gasteiger partial charge in [-0.1, -0.05) is 6.92 Å². The fourth-order valence-electron chi connectivity index (χ4n) is 1.50. The quantitative estimate of drug-likeness (QED) is 0.667. The van der Waals surface area contributed by atoms with Crippen molar-refractivity contribution in [3.05, 3.63) is 0 Å². The average Bonchev–Trinajstić information content (AvgIpc) is 2.88. The zero-order valence-corrected chi connectivity index (χ0v) is 9.59. The Kier molecular flexibility index (Phi) is 2.99. The normalized spacial score (nSPS) is 28.7. The minimum atomic E-state index is 0.692. The molecule has 1 saturated heterocycles. The van der Waals surface area contributed by atoms with Crippen LogP contribution >= 0.6 is 24.0 Å². The smallest absolute Gasteiger partial charge is 0.169 e. The van der Waals surface area contributed by atoms with Gasteiger partial charge in [0.15, 0.2) is 5.11 Å². The van der Waals surface area contributed by atoms with Crippen molar-refractivity contribution in [2.45, 2.75) is 31.1 Å². The molecule has 0 bridgehead atoms. The molecule has 2 aliphatic rings. The molecule has 2 fully saturated rings. The Morgan fingerprint density at radius 1 is 1.54 bits per heavy atom. The third-order valence-electron chi connectivity index (χ3n) is 2.43. The van der Waals surface area contributed by atoms with Crippen molar-refractivity contribution in [3.8, 4) is 0 Å². The summed E-state index contributed by atoms with van der Waals surface area (Å²) in [4.78, 5) is 2.31. The first-order valence-corrected chi connectivity index (χ1v) is 6.38. The van der Waals surface area contributed by atoms with E-state index in [1.54, 1.807) is 0 Å². The maximum Gasteiger partial charge on any atom is 0.169 e. The molecule has 0 aromatic rings. The molecule has 0 aromatic carbocycles. The summed E-state index contributed by atoms with van der Waals surface area (Å²) in [6.45, 7) is 4.51. The summed E-state index contributed by atoms with van der Waals surface area (Å²) >= 11 is 7.39. The molecule has 1 unspecified atom stereocenters. The van der Waals surface area contributed by atoms with Crippen LogP contribution in [0.4, 0.5) is 0 Å². The van der Waals surface area contributed by atoms with E-state index in [1.165, 1.54) is 18.6 Å². The lowest BCUT2D eigenvalue weighted by Gasteiger charge is -2.32. The molecule has 1 saturated carbocycles. The topological polar surface area (TPSA) is 15.3 Å². The highest BCUT2D eigenvalue weighted by molar-refractivity contribution is 8.00. The Morgan fingerprint density at radius 2 is 2.31 bits per heavy atom. The van der Waals surface area contributed by atoms with E-state index >= 15 is 0 Å². The van der Waals surface area contributed by atoms with Crippen molar-refractivity contribution in [2.75, 3.05) is 18.8 Å². The number of thioether (sulfide) groups is 1. The zero-order valence-electron chi connectivity index (χ0n) is 7.95. The van der Waals surface area contributed by atoms with E-state index in [0.717, 1.165) is 23.5 Å². The van der Waals surface area contributed by atoms with Crippen molar-refractivity contribution in [3.63, 3.8) is 0 Å². The van der Waals surface area contributed by atoms with Crippen LogP contribution in [0.3, 0.4) is 0 Å². The van der Waals surface area contributed by atoms with Gasteiger partial charge in [-0.15, -0.1) is 0 Å². The van der Waals surface area contributed by atoms with Gasteiger partial charge >= 0.3 is 0 Å². The monoisotopic (exact) mass is 216 g/mol. The maximum atomic E-state index is 5.35. The third-order valence-corrected chi connectivity index (χ3v) is 3.95. The van der Waals surface area contributed by atoms with Gasteiger partial charge in [0.05, 0.1) is 0 Å². The molecule has 2 nitrogen and oxygen atoms in total. The molecule has 13 heavy (non-hydrogen) atoms. The van der Waals surface area contributed by atoms with E-state index in [4.69, 9.17) is 12.2 Å². The molecule has 2 rings (SSSR count). The highest BCUT2D eigenvalue weighted by atomic mass is 32.2. The minimum Gasteiger partial charge on any atom is -0.360 e. The van der Waals surface area contributed by atoms with Crippen LogP contribution in [-0.2, 0) is 0 Å². The SMILES string of the molecule is CC1CN(C(=S)NC2CC2)CCS1. The highest BCUT2D eigenvalue weighted by Gasteiger charge is 2.25. The Balaban J connectivity index is 1.80. The van der Waals surface area contributed by atoms with Gasteiger partial charge in [-0.05, 0) is 25.1 Å². The molecule has 1 heterocycles. The van der Waals surface area contributed by atoms with Crippen molar-refractivity contribution >= 4 is 29.1 Å². The zero-order chi connectivity index (χ0) is 9.26. The van der Waals surface area contributed by atoms with Crippen LogP contribution in [0.1, 0.15) is 19.8 Å². The van der Waals surface area contributed by atoms with E-state index in [9.17, 15) is 0 Å². The first-order chi connectivity index (χ1) is 6.25. The average molecular weight is 216 g/mol. The number of rotatable bonds is 1. The van der Waals surface area contributed by atoms with E-state index in [0.29, 0.717) is 6.04 Å². The fraction of sp³-hybridized carbons (Fsp3) is 0.889. The maximum absolute atomic E-state index is 5.35. The van der Waals surface area contributed by atoms with Gasteiger partial charge in [-0.3, -0.25) is 0 Å². The van der Waals surface area contributed by atoms with Crippen LogP contribution < -0.4 is 5.32 Å². The lowest BCUT2D eigenvalue weighted by molar-refractivity contribution is 0.427. The van der Waals surface area contributed by atoms with Gasteiger partial charge in [-0.2, -0.15) is 11.8 Å². The molecule has 0 radical (unpaired) electrons. The fourth-order valence-corrected chi connectivity index (χ4v) is 2.84.